The summed E-state index contributed by atoms with van der Waals surface area (Å²) in [5.41, 5.74) is 0.278. The maximum absolute atomic E-state index is 11.5. The molecule has 0 saturated heterocycles. The van der Waals surface area contributed by atoms with Crippen molar-refractivity contribution in [1.29, 1.82) is 0 Å². The molecule has 6 heteroatoms. The lowest BCUT2D eigenvalue weighted by atomic mass is 9.82. The second-order valence-corrected chi connectivity index (χ2v) is 9.79. The first-order valence-electron chi connectivity index (χ1n) is 7.51. The van der Waals surface area contributed by atoms with E-state index < -0.39 is 0 Å². The number of aromatic nitrogens is 1. The van der Waals surface area contributed by atoms with Gasteiger partial charge in [0.15, 0.2) is 0 Å². The van der Waals surface area contributed by atoms with Gasteiger partial charge in [-0.3, -0.25) is 8.75 Å². The van der Waals surface area contributed by atoms with Crippen LogP contribution in [0.5, 0.6) is 0 Å². The molecule has 0 unspecified atom stereocenters. The number of nitrogens with zero attached hydrogens (tertiary/aromatic N) is 2. The molecule has 126 valence electrons. The molecule has 1 aliphatic heterocycles. The third kappa shape index (κ3) is 6.49. The van der Waals surface area contributed by atoms with Gasteiger partial charge in [-0.2, -0.15) is 0 Å². The molecule has 2 rings (SSSR count). The number of rotatable bonds is 3. The fraction of sp³-hybridized carbons (Fsp3) is 0.688. The first-order chi connectivity index (χ1) is 10.0. The van der Waals surface area contributed by atoms with Crippen LogP contribution in [0.15, 0.2) is 26.7 Å². The molecule has 0 atom stereocenters. The number of halogens is 1. The van der Waals surface area contributed by atoms with E-state index in [1.165, 1.54) is 11.5 Å². The second-order valence-electron chi connectivity index (χ2n) is 7.17. The van der Waals surface area contributed by atoms with E-state index >= 15 is 0 Å². The SMILES string of the molecule is CC(C)(C)CC(C)(C)n1sccc1=O.CCN1CC=C(Cl)S1. The molecule has 0 saturated carbocycles. The fourth-order valence-electron chi connectivity index (χ4n) is 2.64. The highest BCUT2D eigenvalue weighted by atomic mass is 35.5. The maximum Gasteiger partial charge on any atom is 0.261 e. The van der Waals surface area contributed by atoms with Crippen LogP contribution in [0.2, 0.25) is 0 Å². The highest BCUT2D eigenvalue weighted by Crippen LogP contribution is 2.32. The van der Waals surface area contributed by atoms with Crippen LogP contribution in [-0.4, -0.2) is 21.4 Å². The van der Waals surface area contributed by atoms with E-state index in [0.717, 1.165) is 23.9 Å². The Balaban J connectivity index is 0.000000255. The molecule has 3 nitrogen and oxygen atoms in total. The van der Waals surface area contributed by atoms with Crippen molar-refractivity contribution in [2.75, 3.05) is 13.1 Å². The van der Waals surface area contributed by atoms with Crippen LogP contribution < -0.4 is 5.56 Å². The van der Waals surface area contributed by atoms with Crippen molar-refractivity contribution in [2.45, 2.75) is 53.5 Å². The van der Waals surface area contributed by atoms with E-state index in [1.54, 1.807) is 18.0 Å². The van der Waals surface area contributed by atoms with Gasteiger partial charge in [0.1, 0.15) is 0 Å². The highest BCUT2D eigenvalue weighted by molar-refractivity contribution is 8.02. The van der Waals surface area contributed by atoms with Gasteiger partial charge in [0.25, 0.3) is 5.56 Å². The standard InChI is InChI=1S/C11H19NOS.C5H8ClNS/c1-10(2,3)8-11(4,5)12-9(13)6-7-14-12;1-2-7-4-3-5(6)8-7/h6-7H,8H2,1-5H3;3H,2,4H2,1H3. The fourth-order valence-corrected chi connectivity index (χ4v) is 4.49. The normalized spacial score (nSPS) is 16.2. The lowest BCUT2D eigenvalue weighted by molar-refractivity contribution is 0.223. The molecular weight excluding hydrogens is 336 g/mol. The van der Waals surface area contributed by atoms with Crippen molar-refractivity contribution in [3.05, 3.63) is 32.2 Å². The van der Waals surface area contributed by atoms with E-state index in [-0.39, 0.29) is 16.5 Å². The van der Waals surface area contributed by atoms with E-state index in [2.05, 4.69) is 45.8 Å². The summed E-state index contributed by atoms with van der Waals surface area (Å²) in [5.74, 6) is 0. The van der Waals surface area contributed by atoms with Crippen LogP contribution in [-0.2, 0) is 5.54 Å². The molecule has 22 heavy (non-hydrogen) atoms. The van der Waals surface area contributed by atoms with Crippen molar-refractivity contribution < 1.29 is 0 Å². The van der Waals surface area contributed by atoms with E-state index in [4.69, 9.17) is 11.6 Å². The summed E-state index contributed by atoms with van der Waals surface area (Å²) in [6.07, 6.45) is 3.02. The van der Waals surface area contributed by atoms with Crippen LogP contribution in [0.3, 0.4) is 0 Å². The Hall–Kier alpha value is -0.230. The van der Waals surface area contributed by atoms with E-state index in [9.17, 15) is 4.79 Å². The molecule has 1 aromatic rings. The summed E-state index contributed by atoms with van der Waals surface area (Å²) in [6, 6.07) is 1.63. The molecule has 0 radical (unpaired) electrons. The molecule has 1 aromatic heterocycles. The van der Waals surface area contributed by atoms with Crippen molar-refractivity contribution in [1.82, 2.24) is 8.26 Å². The molecule has 0 amide bonds. The topological polar surface area (TPSA) is 25.2 Å². The molecule has 0 bridgehead atoms. The Morgan fingerprint density at radius 3 is 2.23 bits per heavy atom. The second kappa shape index (κ2) is 8.04. The van der Waals surface area contributed by atoms with Crippen LogP contribution in [0.25, 0.3) is 0 Å². The summed E-state index contributed by atoms with van der Waals surface area (Å²) in [6.45, 7) is 15.0. The third-order valence-electron chi connectivity index (χ3n) is 3.11. The molecule has 0 fully saturated rings. The van der Waals surface area contributed by atoms with Gasteiger partial charge in [0, 0.05) is 24.5 Å². The molecule has 1 aliphatic rings. The zero-order valence-electron chi connectivity index (χ0n) is 14.4. The summed E-state index contributed by atoms with van der Waals surface area (Å²) in [4.78, 5) is 11.5. The first-order valence-corrected chi connectivity index (χ1v) is 9.50. The van der Waals surface area contributed by atoms with Gasteiger partial charge in [-0.15, -0.1) is 0 Å². The van der Waals surface area contributed by atoms with Gasteiger partial charge in [-0.25, -0.2) is 4.31 Å². The third-order valence-corrected chi connectivity index (χ3v) is 5.62. The minimum atomic E-state index is -0.0799. The van der Waals surface area contributed by atoms with Gasteiger partial charge in [0.05, 0.1) is 9.90 Å². The Morgan fingerprint density at radius 2 is 1.91 bits per heavy atom. The quantitative estimate of drug-likeness (QED) is 0.697. The highest BCUT2D eigenvalue weighted by Gasteiger charge is 2.28. The first kappa shape index (κ1) is 19.8. The minimum absolute atomic E-state index is 0.0799. The van der Waals surface area contributed by atoms with Crippen LogP contribution in [0.4, 0.5) is 0 Å². The Labute approximate surface area is 147 Å². The lowest BCUT2D eigenvalue weighted by Gasteiger charge is -2.32. The van der Waals surface area contributed by atoms with Crippen molar-refractivity contribution >= 4 is 35.1 Å². The zero-order chi connectivity index (χ0) is 17.0. The largest absolute Gasteiger partial charge is 0.268 e. The number of hydrogen-bond donors (Lipinski definition) is 0. The Morgan fingerprint density at radius 1 is 1.27 bits per heavy atom. The maximum atomic E-state index is 11.5. The monoisotopic (exact) mass is 362 g/mol. The number of likely N-dealkylation sites (N-methyl/N-ethyl adjacent to an activating group) is 1. The zero-order valence-corrected chi connectivity index (χ0v) is 16.7. The molecule has 0 N–H and O–H groups in total. The van der Waals surface area contributed by atoms with Crippen LogP contribution in [0.1, 0.15) is 48.0 Å². The summed E-state index contributed by atoms with van der Waals surface area (Å²) in [7, 11) is 0. The molecule has 0 aromatic carbocycles. The molecule has 0 spiro atoms. The lowest BCUT2D eigenvalue weighted by Crippen LogP contribution is -2.35. The van der Waals surface area contributed by atoms with E-state index in [1.807, 2.05) is 15.4 Å². The van der Waals surface area contributed by atoms with Crippen LogP contribution >= 0.6 is 35.1 Å². The predicted molar refractivity (Wildman–Crippen MR) is 101 cm³/mol. The summed E-state index contributed by atoms with van der Waals surface area (Å²) >= 11 is 8.79. The predicted octanol–water partition coefficient (Wildman–Crippen LogP) is 5.13. The van der Waals surface area contributed by atoms with Gasteiger partial charge in [-0.05, 0) is 43.7 Å². The Bertz CT molecular complexity index is 555. The van der Waals surface area contributed by atoms with Crippen LogP contribution in [0, 0.1) is 5.41 Å². The average molecular weight is 363 g/mol. The molecular formula is C16H27ClN2OS2. The Kier molecular flexibility index (Phi) is 7.24. The summed E-state index contributed by atoms with van der Waals surface area (Å²) < 4.78 is 4.97. The van der Waals surface area contributed by atoms with Gasteiger partial charge in [0.2, 0.25) is 0 Å². The molecule has 2 heterocycles. The minimum Gasteiger partial charge on any atom is -0.268 e. The van der Waals surface area contributed by atoms with Crippen molar-refractivity contribution in [3.8, 4) is 0 Å². The smallest absolute Gasteiger partial charge is 0.261 e. The van der Waals surface area contributed by atoms with Gasteiger partial charge < -0.3 is 0 Å². The van der Waals surface area contributed by atoms with Gasteiger partial charge >= 0.3 is 0 Å². The number of hydrogen-bond acceptors (Lipinski definition) is 4. The average Bonchev–Trinajstić information content (AvgIpc) is 2.95. The van der Waals surface area contributed by atoms with Gasteiger partial charge in [-0.1, -0.05) is 50.8 Å². The summed E-state index contributed by atoms with van der Waals surface area (Å²) in [5, 5.41) is 1.85. The van der Waals surface area contributed by atoms with E-state index in [0.29, 0.717) is 0 Å². The van der Waals surface area contributed by atoms with Crippen molar-refractivity contribution in [2.24, 2.45) is 5.41 Å². The van der Waals surface area contributed by atoms with Crippen molar-refractivity contribution in [3.63, 3.8) is 0 Å². The molecule has 0 aliphatic carbocycles.